The van der Waals surface area contributed by atoms with E-state index in [0.717, 1.165) is 16.5 Å². The Hall–Kier alpha value is -4.27. The van der Waals surface area contributed by atoms with Gasteiger partial charge in [0.1, 0.15) is 24.7 Å². The van der Waals surface area contributed by atoms with E-state index in [1.165, 1.54) is 11.2 Å². The number of anilines is 1. The number of nitrogens with one attached hydrogen (secondary N) is 1. The maximum Gasteiger partial charge on any atom is 0.291 e. The molecular weight excluding hydrogens is 420 g/mol. The van der Waals surface area contributed by atoms with Crippen molar-refractivity contribution in [2.75, 3.05) is 18.6 Å². The number of pyridine rings is 1. The van der Waals surface area contributed by atoms with Crippen LogP contribution < -0.4 is 15.0 Å². The maximum absolute atomic E-state index is 13.1. The largest absolute Gasteiger partial charge is 0.489 e. The van der Waals surface area contributed by atoms with Gasteiger partial charge in [0.15, 0.2) is 0 Å². The summed E-state index contributed by atoms with van der Waals surface area (Å²) >= 11 is 0. The van der Waals surface area contributed by atoms with Crippen LogP contribution in [0.2, 0.25) is 0 Å². The number of rotatable bonds is 4. The molecule has 0 bridgehead atoms. The molecule has 2 amide bonds. The van der Waals surface area contributed by atoms with Crippen LogP contribution in [0.4, 0.5) is 5.69 Å². The smallest absolute Gasteiger partial charge is 0.291 e. The third kappa shape index (κ3) is 4.25. The molecule has 4 aromatic rings. The second kappa shape index (κ2) is 9.07. The zero-order chi connectivity index (χ0) is 22.1. The Kier molecular flexibility index (Phi) is 6.03. The molecule has 0 radical (unpaired) electrons. The first kappa shape index (κ1) is 21.9. The molecule has 168 valence electrons. The van der Waals surface area contributed by atoms with Crippen LogP contribution in [0, 0.1) is 0 Å². The second-order valence-corrected chi connectivity index (χ2v) is 7.47. The van der Waals surface area contributed by atoms with E-state index >= 15 is 0 Å². The monoisotopic (exact) mass is 444 g/mol. The van der Waals surface area contributed by atoms with Gasteiger partial charge in [-0.2, -0.15) is 0 Å². The molecule has 1 aliphatic rings. The second-order valence-electron chi connectivity index (χ2n) is 7.47. The fourth-order valence-electron chi connectivity index (χ4n) is 3.74. The third-order valence-corrected chi connectivity index (χ3v) is 5.32. The topological polar surface area (TPSA) is 102 Å². The van der Waals surface area contributed by atoms with Crippen LogP contribution in [0.25, 0.3) is 10.9 Å². The van der Waals surface area contributed by atoms with Gasteiger partial charge in [0.2, 0.25) is 5.82 Å². The molecule has 1 atom stereocenters. The molecule has 1 N–H and O–H groups in total. The quantitative estimate of drug-likeness (QED) is 0.519. The van der Waals surface area contributed by atoms with Crippen LogP contribution in [0.1, 0.15) is 23.6 Å². The average molecular weight is 444 g/mol. The molecule has 0 fully saturated rings. The number of carbonyl (C=O) groups excluding carboxylic acids is 2. The Morgan fingerprint density at radius 2 is 1.94 bits per heavy atom. The molecule has 0 spiro atoms. The summed E-state index contributed by atoms with van der Waals surface area (Å²) in [4.78, 5) is 35.8. The van der Waals surface area contributed by atoms with Crippen molar-refractivity contribution in [1.82, 2.24) is 25.1 Å². The van der Waals surface area contributed by atoms with Crippen molar-refractivity contribution in [3.8, 4) is 5.75 Å². The minimum Gasteiger partial charge on any atom is -0.489 e. The molecule has 9 nitrogen and oxygen atoms in total. The summed E-state index contributed by atoms with van der Waals surface area (Å²) in [5.41, 5.74) is 2.42. The summed E-state index contributed by atoms with van der Waals surface area (Å²) in [6.45, 7) is 0.490. The van der Waals surface area contributed by atoms with Crippen LogP contribution in [0.3, 0.4) is 0 Å². The summed E-state index contributed by atoms with van der Waals surface area (Å²) in [5, 5.41) is 7.74. The SMILES string of the molecule is C.CN1C(=O)[C@@H](NC(=O)c2ncn(Cc3ccccc3)n2)COc2ccc3ncccc3c21. The molecule has 0 saturated carbocycles. The molecule has 2 aromatic carbocycles. The van der Waals surface area contributed by atoms with E-state index in [9.17, 15) is 9.59 Å². The fraction of sp³-hybridized carbons (Fsp3) is 0.208. The van der Waals surface area contributed by atoms with Crippen molar-refractivity contribution in [3.63, 3.8) is 0 Å². The van der Waals surface area contributed by atoms with Crippen LogP contribution in [0.5, 0.6) is 5.75 Å². The van der Waals surface area contributed by atoms with E-state index in [-0.39, 0.29) is 25.8 Å². The summed E-state index contributed by atoms with van der Waals surface area (Å²) in [6, 6.07) is 16.2. The molecule has 0 aliphatic carbocycles. The van der Waals surface area contributed by atoms with Crippen molar-refractivity contribution in [2.24, 2.45) is 0 Å². The number of fused-ring (bicyclic) bond motifs is 3. The molecule has 9 heteroatoms. The van der Waals surface area contributed by atoms with E-state index in [2.05, 4.69) is 20.4 Å². The van der Waals surface area contributed by atoms with E-state index in [4.69, 9.17) is 4.74 Å². The summed E-state index contributed by atoms with van der Waals surface area (Å²) in [5.74, 6) is -0.280. The van der Waals surface area contributed by atoms with Gasteiger partial charge < -0.3 is 15.0 Å². The molecule has 1 aliphatic heterocycles. The summed E-state index contributed by atoms with van der Waals surface area (Å²) < 4.78 is 7.46. The standard InChI is InChI=1S/C23H20N6O3.CH4/c1-28-20-16-8-5-11-24-17(16)9-10-19(20)32-13-18(23(28)31)26-22(30)21-25-14-29(27-21)12-15-6-3-2-4-7-15;/h2-11,14,18H,12-13H2,1H3,(H,26,30);1H4/t18-;/m0./s1. The van der Waals surface area contributed by atoms with Crippen molar-refractivity contribution < 1.29 is 14.3 Å². The molecular formula is C24H24N6O3. The number of benzene rings is 2. The lowest BCUT2D eigenvalue weighted by atomic mass is 10.1. The third-order valence-electron chi connectivity index (χ3n) is 5.32. The average Bonchev–Trinajstić information content (AvgIpc) is 3.25. The maximum atomic E-state index is 13.1. The highest BCUT2D eigenvalue weighted by Crippen LogP contribution is 2.37. The number of hydrogen-bond donors (Lipinski definition) is 1. The van der Waals surface area contributed by atoms with Gasteiger partial charge in [-0.05, 0) is 29.8 Å². The first-order valence-corrected chi connectivity index (χ1v) is 10.1. The molecule has 2 aromatic heterocycles. The minimum atomic E-state index is -0.882. The number of hydrogen-bond acceptors (Lipinski definition) is 6. The van der Waals surface area contributed by atoms with Gasteiger partial charge in [0, 0.05) is 18.6 Å². The van der Waals surface area contributed by atoms with Crippen LogP contribution in [-0.2, 0) is 11.3 Å². The van der Waals surface area contributed by atoms with Gasteiger partial charge in [0.25, 0.3) is 11.8 Å². The van der Waals surface area contributed by atoms with Crippen molar-refractivity contribution in [1.29, 1.82) is 0 Å². The number of aromatic nitrogens is 4. The van der Waals surface area contributed by atoms with Crippen LogP contribution in [0.15, 0.2) is 67.1 Å². The van der Waals surface area contributed by atoms with Gasteiger partial charge >= 0.3 is 0 Å². The number of amides is 2. The van der Waals surface area contributed by atoms with E-state index < -0.39 is 11.9 Å². The molecule has 0 saturated heterocycles. The van der Waals surface area contributed by atoms with Gasteiger partial charge in [-0.15, -0.1) is 5.10 Å². The lowest BCUT2D eigenvalue weighted by Crippen LogP contribution is -2.49. The predicted molar refractivity (Wildman–Crippen MR) is 124 cm³/mol. The van der Waals surface area contributed by atoms with E-state index in [1.54, 1.807) is 24.0 Å². The Morgan fingerprint density at radius 3 is 2.76 bits per heavy atom. The zero-order valence-corrected chi connectivity index (χ0v) is 17.3. The summed E-state index contributed by atoms with van der Waals surface area (Å²) in [7, 11) is 1.66. The van der Waals surface area contributed by atoms with E-state index in [0.29, 0.717) is 18.0 Å². The Morgan fingerprint density at radius 1 is 1.12 bits per heavy atom. The lowest BCUT2D eigenvalue weighted by molar-refractivity contribution is -0.120. The van der Waals surface area contributed by atoms with Crippen LogP contribution >= 0.6 is 0 Å². The molecule has 3 heterocycles. The number of carbonyl (C=O) groups is 2. The van der Waals surface area contributed by atoms with Gasteiger partial charge in [-0.3, -0.25) is 14.6 Å². The number of likely N-dealkylation sites (N-methyl/N-ethyl adjacent to an activating group) is 1. The number of nitrogens with zero attached hydrogens (tertiary/aromatic N) is 5. The minimum absolute atomic E-state index is 0. The lowest BCUT2D eigenvalue weighted by Gasteiger charge is -2.21. The van der Waals surface area contributed by atoms with Gasteiger partial charge in [-0.25, -0.2) is 9.67 Å². The highest BCUT2D eigenvalue weighted by atomic mass is 16.5. The first-order valence-electron chi connectivity index (χ1n) is 10.1. The van der Waals surface area contributed by atoms with E-state index in [1.807, 2.05) is 48.5 Å². The molecule has 5 rings (SSSR count). The Balaban J connectivity index is 0.00000259. The van der Waals surface area contributed by atoms with Gasteiger partial charge in [0.05, 0.1) is 17.7 Å². The van der Waals surface area contributed by atoms with Crippen molar-refractivity contribution in [3.05, 3.63) is 78.5 Å². The Bertz CT molecular complexity index is 1300. The molecule has 33 heavy (non-hydrogen) atoms. The molecule has 0 unspecified atom stereocenters. The first-order chi connectivity index (χ1) is 15.6. The highest BCUT2D eigenvalue weighted by molar-refractivity contribution is 6.08. The van der Waals surface area contributed by atoms with Gasteiger partial charge in [-0.1, -0.05) is 37.8 Å². The normalized spacial score (nSPS) is 15.2. The summed E-state index contributed by atoms with van der Waals surface area (Å²) in [6.07, 6.45) is 3.19. The van der Waals surface area contributed by atoms with Crippen LogP contribution in [-0.4, -0.2) is 51.3 Å². The van der Waals surface area contributed by atoms with Crippen molar-refractivity contribution >= 4 is 28.4 Å². The zero-order valence-electron chi connectivity index (χ0n) is 17.3. The van der Waals surface area contributed by atoms with Crippen molar-refractivity contribution in [2.45, 2.75) is 20.0 Å². The predicted octanol–water partition coefficient (Wildman–Crippen LogP) is 2.66. The number of ether oxygens (including phenoxy) is 1. The highest BCUT2D eigenvalue weighted by Gasteiger charge is 2.32. The Labute approximate surface area is 191 Å². The fourth-order valence-corrected chi connectivity index (χ4v) is 3.74.